The second kappa shape index (κ2) is 7.23. The molecule has 1 amide bonds. The molecule has 7 heteroatoms. The van der Waals surface area contributed by atoms with E-state index in [2.05, 4.69) is 15.7 Å². The van der Waals surface area contributed by atoms with Gasteiger partial charge in [0.05, 0.1) is 11.9 Å². The number of rotatable bonds is 4. The number of hydrogen-bond acceptors (Lipinski definition) is 5. The average Bonchev–Trinajstić information content (AvgIpc) is 3.03. The van der Waals surface area contributed by atoms with Crippen LogP contribution in [0.4, 0.5) is 5.69 Å². The van der Waals surface area contributed by atoms with E-state index in [4.69, 9.17) is 4.42 Å². The van der Waals surface area contributed by atoms with Crippen molar-refractivity contribution in [1.82, 2.24) is 15.1 Å². The normalized spacial score (nSPS) is 17.7. The van der Waals surface area contributed by atoms with Gasteiger partial charge in [-0.15, -0.1) is 0 Å². The summed E-state index contributed by atoms with van der Waals surface area (Å²) in [5.74, 6) is 0.364. The summed E-state index contributed by atoms with van der Waals surface area (Å²) in [6, 6.07) is 2.01. The number of aryl methyl sites for hydroxylation is 1. The van der Waals surface area contributed by atoms with Crippen LogP contribution in [0, 0.1) is 6.92 Å². The monoisotopic (exact) mass is 344 g/mol. The van der Waals surface area contributed by atoms with E-state index in [1.165, 1.54) is 0 Å². The Morgan fingerprint density at radius 2 is 2.28 bits per heavy atom. The van der Waals surface area contributed by atoms with E-state index in [0.29, 0.717) is 17.0 Å². The molecule has 0 aromatic carbocycles. The molecule has 25 heavy (non-hydrogen) atoms. The predicted octanol–water partition coefficient (Wildman–Crippen LogP) is 2.44. The standard InChI is InChI=1S/C18H24N4O3/c1-11(2)22-10-14(9-20-22)21-17(23)16-12(3)7-15(25-18(16)24)13-5-4-6-19-8-13/h7,9-11,13,19H,4-6,8H2,1-3H3,(H,21,23). The highest BCUT2D eigenvalue weighted by Crippen LogP contribution is 2.24. The van der Waals surface area contributed by atoms with Crippen molar-refractivity contribution in [3.63, 3.8) is 0 Å². The second-order valence-corrected chi connectivity index (χ2v) is 6.79. The lowest BCUT2D eigenvalue weighted by atomic mass is 9.95. The number of nitrogens with one attached hydrogen (secondary N) is 2. The lowest BCUT2D eigenvalue weighted by Gasteiger charge is -2.22. The minimum absolute atomic E-state index is 0.0461. The number of amides is 1. The van der Waals surface area contributed by atoms with Crippen LogP contribution in [0.25, 0.3) is 0 Å². The van der Waals surface area contributed by atoms with E-state index in [1.807, 2.05) is 19.9 Å². The molecule has 134 valence electrons. The Morgan fingerprint density at radius 3 is 2.88 bits per heavy atom. The van der Waals surface area contributed by atoms with Crippen molar-refractivity contribution in [1.29, 1.82) is 0 Å². The van der Waals surface area contributed by atoms with Crippen LogP contribution >= 0.6 is 0 Å². The van der Waals surface area contributed by atoms with Crippen LogP contribution < -0.4 is 16.3 Å². The molecule has 0 aliphatic carbocycles. The van der Waals surface area contributed by atoms with Crippen molar-refractivity contribution < 1.29 is 9.21 Å². The van der Waals surface area contributed by atoms with E-state index >= 15 is 0 Å². The lowest BCUT2D eigenvalue weighted by molar-refractivity contribution is 0.102. The number of carbonyl (C=O) groups is 1. The largest absolute Gasteiger partial charge is 0.427 e. The van der Waals surface area contributed by atoms with Crippen LogP contribution in [-0.4, -0.2) is 28.8 Å². The maximum atomic E-state index is 12.5. The van der Waals surface area contributed by atoms with Crippen molar-refractivity contribution >= 4 is 11.6 Å². The molecule has 0 radical (unpaired) electrons. The fourth-order valence-electron chi connectivity index (χ4n) is 3.08. The quantitative estimate of drug-likeness (QED) is 0.889. The Morgan fingerprint density at radius 1 is 1.48 bits per heavy atom. The van der Waals surface area contributed by atoms with Crippen molar-refractivity contribution in [2.45, 2.75) is 45.6 Å². The molecule has 1 fully saturated rings. The van der Waals surface area contributed by atoms with Crippen LogP contribution in [-0.2, 0) is 0 Å². The number of anilines is 1. The van der Waals surface area contributed by atoms with Crippen molar-refractivity contribution in [2.24, 2.45) is 0 Å². The zero-order valence-electron chi connectivity index (χ0n) is 14.8. The fraction of sp³-hybridized carbons (Fsp3) is 0.500. The molecule has 0 spiro atoms. The van der Waals surface area contributed by atoms with Crippen LogP contribution in [0.15, 0.2) is 27.7 Å². The van der Waals surface area contributed by atoms with E-state index in [-0.39, 0.29) is 17.5 Å². The van der Waals surface area contributed by atoms with Gasteiger partial charge in [-0.1, -0.05) is 0 Å². The minimum atomic E-state index is -0.589. The van der Waals surface area contributed by atoms with Gasteiger partial charge in [-0.2, -0.15) is 5.10 Å². The van der Waals surface area contributed by atoms with Crippen LogP contribution in [0.3, 0.4) is 0 Å². The van der Waals surface area contributed by atoms with E-state index < -0.39 is 11.5 Å². The third-order valence-corrected chi connectivity index (χ3v) is 4.48. The molecule has 3 heterocycles. The molecule has 0 bridgehead atoms. The maximum Gasteiger partial charge on any atom is 0.349 e. The molecule has 2 aromatic rings. The summed E-state index contributed by atoms with van der Waals surface area (Å²) >= 11 is 0. The van der Waals surface area contributed by atoms with E-state index in [1.54, 1.807) is 24.0 Å². The first-order valence-electron chi connectivity index (χ1n) is 8.66. The summed E-state index contributed by atoms with van der Waals surface area (Å²) in [4.78, 5) is 24.9. The molecule has 1 unspecified atom stereocenters. The first-order valence-corrected chi connectivity index (χ1v) is 8.66. The van der Waals surface area contributed by atoms with Crippen molar-refractivity contribution in [3.8, 4) is 0 Å². The molecular weight excluding hydrogens is 320 g/mol. The molecule has 2 N–H and O–H groups in total. The number of piperidine rings is 1. The summed E-state index contributed by atoms with van der Waals surface area (Å²) in [6.07, 6.45) is 5.34. The first kappa shape index (κ1) is 17.4. The Bertz CT molecular complexity index is 816. The third kappa shape index (κ3) is 3.82. The zero-order chi connectivity index (χ0) is 18.0. The van der Waals surface area contributed by atoms with Gasteiger partial charge < -0.3 is 15.1 Å². The van der Waals surface area contributed by atoms with Gasteiger partial charge in [0.2, 0.25) is 0 Å². The van der Waals surface area contributed by atoms with Gasteiger partial charge in [-0.3, -0.25) is 9.48 Å². The second-order valence-electron chi connectivity index (χ2n) is 6.79. The summed E-state index contributed by atoms with van der Waals surface area (Å²) in [6.45, 7) is 7.54. The van der Waals surface area contributed by atoms with Crippen molar-refractivity contribution in [3.05, 3.63) is 45.8 Å². The molecular formula is C18H24N4O3. The summed E-state index contributed by atoms with van der Waals surface area (Å²) in [5.41, 5.74) is 0.641. The smallest absolute Gasteiger partial charge is 0.349 e. The van der Waals surface area contributed by atoms with Gasteiger partial charge in [0.25, 0.3) is 5.91 Å². The zero-order valence-corrected chi connectivity index (χ0v) is 14.8. The topological polar surface area (TPSA) is 89.2 Å². The fourth-order valence-corrected chi connectivity index (χ4v) is 3.08. The van der Waals surface area contributed by atoms with Crippen LogP contribution in [0.5, 0.6) is 0 Å². The first-order chi connectivity index (χ1) is 12.0. The number of nitrogens with zero attached hydrogens (tertiary/aromatic N) is 2. The highest BCUT2D eigenvalue weighted by molar-refractivity contribution is 6.04. The summed E-state index contributed by atoms with van der Waals surface area (Å²) < 4.78 is 7.19. The molecule has 1 atom stereocenters. The van der Waals surface area contributed by atoms with E-state index in [0.717, 1.165) is 25.9 Å². The number of hydrogen-bond donors (Lipinski definition) is 2. The molecule has 0 saturated carbocycles. The van der Waals surface area contributed by atoms with Gasteiger partial charge >= 0.3 is 5.63 Å². The maximum absolute atomic E-state index is 12.5. The Kier molecular flexibility index (Phi) is 5.03. The predicted molar refractivity (Wildman–Crippen MR) is 95.1 cm³/mol. The summed E-state index contributed by atoms with van der Waals surface area (Å²) in [7, 11) is 0. The Hall–Kier alpha value is -2.41. The molecule has 2 aromatic heterocycles. The number of carbonyl (C=O) groups excluding carboxylic acids is 1. The van der Waals surface area contributed by atoms with Gasteiger partial charge in [-0.25, -0.2) is 4.79 Å². The van der Waals surface area contributed by atoms with Gasteiger partial charge in [0.1, 0.15) is 11.3 Å². The van der Waals surface area contributed by atoms with Crippen LogP contribution in [0.2, 0.25) is 0 Å². The number of aromatic nitrogens is 2. The highest BCUT2D eigenvalue weighted by atomic mass is 16.4. The van der Waals surface area contributed by atoms with E-state index in [9.17, 15) is 9.59 Å². The molecule has 7 nitrogen and oxygen atoms in total. The van der Waals surface area contributed by atoms with Crippen LogP contribution in [0.1, 0.15) is 60.3 Å². The van der Waals surface area contributed by atoms with Gasteiger partial charge in [-0.05, 0) is 51.8 Å². The van der Waals surface area contributed by atoms with Gasteiger partial charge in [0.15, 0.2) is 0 Å². The average molecular weight is 344 g/mol. The minimum Gasteiger partial charge on any atom is -0.427 e. The third-order valence-electron chi connectivity index (χ3n) is 4.48. The molecule has 1 saturated heterocycles. The highest BCUT2D eigenvalue weighted by Gasteiger charge is 2.22. The lowest BCUT2D eigenvalue weighted by Crippen LogP contribution is -2.30. The van der Waals surface area contributed by atoms with Gasteiger partial charge in [0, 0.05) is 24.7 Å². The van der Waals surface area contributed by atoms with Crippen molar-refractivity contribution in [2.75, 3.05) is 18.4 Å². The SMILES string of the molecule is Cc1cc(C2CCCNC2)oc(=O)c1C(=O)Nc1cnn(C(C)C)c1. The Balaban J connectivity index is 1.81. The summed E-state index contributed by atoms with van der Waals surface area (Å²) in [5, 5.41) is 10.2. The molecule has 1 aliphatic heterocycles. The Labute approximate surface area is 146 Å². The molecule has 1 aliphatic rings. The molecule has 3 rings (SSSR count).